The number of carbonyl (C=O) groups excluding carboxylic acids is 1. The van der Waals surface area contributed by atoms with E-state index in [0.717, 1.165) is 24.7 Å². The van der Waals surface area contributed by atoms with E-state index in [1.54, 1.807) is 6.08 Å². The van der Waals surface area contributed by atoms with Crippen LogP contribution in [0.2, 0.25) is 19.6 Å². The van der Waals surface area contributed by atoms with Gasteiger partial charge in [0.15, 0.2) is 14.1 Å². The standard InChI is InChI=1S/C22H38O2.C8H14O2Si/c1-2-3-4-5-6-7-8-11-15-20-17-14-18-21(20)16-12-9-10-13-19-22(23)24;1-11(2,3)10-8-5-4-7(9)6-8/h9,11-12,15,20-21H,2-8,10,13-14,16-19H2,1H3,(H,23,24);4-5,8H,6H2,1-3H3/b12-9-,15-11+;/t20-,21-;/m0./s1. The van der Waals surface area contributed by atoms with Crippen molar-refractivity contribution in [1.82, 2.24) is 0 Å². The molecule has 0 saturated heterocycles. The Labute approximate surface area is 216 Å². The largest absolute Gasteiger partial charge is 0.481 e. The predicted molar refractivity (Wildman–Crippen MR) is 150 cm³/mol. The third kappa shape index (κ3) is 17.6. The van der Waals surface area contributed by atoms with Crippen molar-refractivity contribution in [1.29, 1.82) is 0 Å². The molecule has 1 unspecified atom stereocenters. The third-order valence-corrected chi connectivity index (χ3v) is 7.61. The molecule has 0 aromatic carbocycles. The molecule has 0 heterocycles. The Hall–Kier alpha value is -1.46. The molecule has 4 nitrogen and oxygen atoms in total. The Morgan fingerprint density at radius 2 is 1.74 bits per heavy atom. The monoisotopic (exact) mass is 504 g/mol. The minimum atomic E-state index is -1.46. The lowest BCUT2D eigenvalue weighted by Gasteiger charge is -2.21. The SMILES string of the molecule is CCCCCCCC/C=C/[C@H]1CCC[C@@H]1C/C=C\CCCC(=O)O.C[Si](C)(C)OC1C=CC(=O)C1. The van der Waals surface area contributed by atoms with Crippen LogP contribution in [0.4, 0.5) is 0 Å². The van der Waals surface area contributed by atoms with Gasteiger partial charge in [0.05, 0.1) is 6.10 Å². The van der Waals surface area contributed by atoms with E-state index in [2.05, 4.69) is 50.9 Å². The second-order valence-electron chi connectivity index (χ2n) is 11.1. The summed E-state index contributed by atoms with van der Waals surface area (Å²) in [5.41, 5.74) is 0. The minimum Gasteiger partial charge on any atom is -0.481 e. The number of carbonyl (C=O) groups is 2. The van der Waals surface area contributed by atoms with Crippen LogP contribution < -0.4 is 0 Å². The van der Waals surface area contributed by atoms with Crippen LogP contribution in [0.25, 0.3) is 0 Å². The molecule has 0 aromatic heterocycles. The van der Waals surface area contributed by atoms with Gasteiger partial charge in [-0.2, -0.15) is 0 Å². The normalized spacial score (nSPS) is 22.3. The zero-order chi connectivity index (χ0) is 25.9. The van der Waals surface area contributed by atoms with Crippen LogP contribution >= 0.6 is 0 Å². The summed E-state index contributed by atoms with van der Waals surface area (Å²) in [6, 6.07) is 0. The van der Waals surface area contributed by atoms with Gasteiger partial charge in [-0.1, -0.05) is 75.8 Å². The molecule has 1 fully saturated rings. The van der Waals surface area contributed by atoms with Crippen LogP contribution in [-0.2, 0) is 14.0 Å². The van der Waals surface area contributed by atoms with Gasteiger partial charge >= 0.3 is 5.97 Å². The van der Waals surface area contributed by atoms with E-state index in [-0.39, 0.29) is 18.3 Å². The van der Waals surface area contributed by atoms with Crippen molar-refractivity contribution in [3.05, 3.63) is 36.5 Å². The fourth-order valence-corrected chi connectivity index (χ4v) is 5.84. The highest BCUT2D eigenvalue weighted by Gasteiger charge is 2.24. The molecule has 35 heavy (non-hydrogen) atoms. The van der Waals surface area contributed by atoms with Gasteiger partial charge in [-0.15, -0.1) is 0 Å². The molecule has 5 heteroatoms. The molecule has 0 aliphatic heterocycles. The zero-order valence-corrected chi connectivity index (χ0v) is 24.0. The van der Waals surface area contributed by atoms with Gasteiger partial charge in [-0.25, -0.2) is 0 Å². The first-order chi connectivity index (χ1) is 16.7. The second kappa shape index (κ2) is 18.8. The fourth-order valence-electron chi connectivity index (χ4n) is 4.77. The molecule has 0 amide bonds. The lowest BCUT2D eigenvalue weighted by molar-refractivity contribution is -0.137. The number of unbranched alkanes of at least 4 members (excludes halogenated alkanes) is 7. The van der Waals surface area contributed by atoms with Crippen LogP contribution in [-0.4, -0.2) is 31.3 Å². The lowest BCUT2D eigenvalue weighted by Crippen LogP contribution is -2.30. The number of carboxylic acids is 1. The van der Waals surface area contributed by atoms with Gasteiger partial charge in [-0.05, 0) is 82.5 Å². The highest BCUT2D eigenvalue weighted by Crippen LogP contribution is 2.35. The van der Waals surface area contributed by atoms with Crippen molar-refractivity contribution in [2.75, 3.05) is 0 Å². The Morgan fingerprint density at radius 3 is 2.40 bits per heavy atom. The van der Waals surface area contributed by atoms with E-state index in [0.29, 0.717) is 6.42 Å². The number of ketones is 1. The quantitative estimate of drug-likeness (QED) is 0.130. The fraction of sp³-hybridized carbons (Fsp3) is 0.733. The molecule has 200 valence electrons. The van der Waals surface area contributed by atoms with Crippen molar-refractivity contribution in [2.24, 2.45) is 11.8 Å². The molecule has 1 saturated carbocycles. The number of allylic oxidation sites excluding steroid dienone is 5. The molecular formula is C30H52O4Si. The lowest BCUT2D eigenvalue weighted by atomic mass is 9.92. The van der Waals surface area contributed by atoms with E-state index in [9.17, 15) is 9.59 Å². The number of hydrogen-bond acceptors (Lipinski definition) is 3. The Morgan fingerprint density at radius 1 is 1.03 bits per heavy atom. The summed E-state index contributed by atoms with van der Waals surface area (Å²) in [6.07, 6.45) is 30.2. The maximum atomic E-state index is 10.8. The molecule has 2 aliphatic carbocycles. The second-order valence-corrected chi connectivity index (χ2v) is 15.6. The van der Waals surface area contributed by atoms with Crippen molar-refractivity contribution in [2.45, 2.75) is 129 Å². The summed E-state index contributed by atoms with van der Waals surface area (Å²) in [4.78, 5) is 21.3. The Kier molecular flexibility index (Phi) is 16.9. The van der Waals surface area contributed by atoms with Crippen LogP contribution in [0.1, 0.15) is 103 Å². The molecule has 0 aromatic rings. The van der Waals surface area contributed by atoms with Gasteiger partial charge in [0.1, 0.15) is 0 Å². The molecule has 2 aliphatic rings. The van der Waals surface area contributed by atoms with E-state index in [1.807, 2.05) is 6.08 Å². The van der Waals surface area contributed by atoms with E-state index < -0.39 is 14.3 Å². The highest BCUT2D eigenvalue weighted by molar-refractivity contribution is 6.69. The van der Waals surface area contributed by atoms with Gasteiger partial charge in [0, 0.05) is 12.8 Å². The van der Waals surface area contributed by atoms with Gasteiger partial charge in [-0.3, -0.25) is 9.59 Å². The van der Waals surface area contributed by atoms with Crippen molar-refractivity contribution in [3.63, 3.8) is 0 Å². The minimum absolute atomic E-state index is 0.0640. The molecule has 3 atom stereocenters. The first-order valence-corrected chi connectivity index (χ1v) is 17.5. The number of aliphatic carboxylic acids is 1. The summed E-state index contributed by atoms with van der Waals surface area (Å²) in [5.74, 6) is 1.08. The van der Waals surface area contributed by atoms with Crippen LogP contribution in [0.5, 0.6) is 0 Å². The predicted octanol–water partition coefficient (Wildman–Crippen LogP) is 8.65. The number of rotatable bonds is 16. The van der Waals surface area contributed by atoms with Gasteiger partial charge in [0.2, 0.25) is 0 Å². The van der Waals surface area contributed by atoms with Gasteiger partial charge < -0.3 is 9.53 Å². The van der Waals surface area contributed by atoms with Crippen LogP contribution in [0.15, 0.2) is 36.5 Å². The van der Waals surface area contributed by atoms with Crippen molar-refractivity contribution in [3.8, 4) is 0 Å². The summed E-state index contributed by atoms with van der Waals surface area (Å²) in [7, 11) is -1.46. The molecule has 1 N–H and O–H groups in total. The third-order valence-electron chi connectivity index (χ3n) is 6.60. The van der Waals surface area contributed by atoms with E-state index >= 15 is 0 Å². The molecule has 2 rings (SSSR count). The summed E-state index contributed by atoms with van der Waals surface area (Å²) < 4.78 is 5.70. The van der Waals surface area contributed by atoms with E-state index in [1.165, 1.54) is 70.6 Å². The summed E-state index contributed by atoms with van der Waals surface area (Å²) in [5, 5.41) is 8.62. The molecule has 0 bridgehead atoms. The van der Waals surface area contributed by atoms with Crippen LogP contribution in [0, 0.1) is 11.8 Å². The molecule has 0 radical (unpaired) electrons. The van der Waals surface area contributed by atoms with Crippen LogP contribution in [0.3, 0.4) is 0 Å². The van der Waals surface area contributed by atoms with Crippen molar-refractivity contribution >= 4 is 20.1 Å². The average Bonchev–Trinajstić information content (AvgIpc) is 3.40. The maximum Gasteiger partial charge on any atom is 0.303 e. The van der Waals surface area contributed by atoms with Crippen molar-refractivity contribution < 1.29 is 19.1 Å². The smallest absolute Gasteiger partial charge is 0.303 e. The highest BCUT2D eigenvalue weighted by atomic mass is 28.4. The first kappa shape index (κ1) is 31.6. The Balaban J connectivity index is 0.000000462. The van der Waals surface area contributed by atoms with E-state index in [4.69, 9.17) is 9.53 Å². The molecule has 0 spiro atoms. The summed E-state index contributed by atoms with van der Waals surface area (Å²) >= 11 is 0. The topological polar surface area (TPSA) is 63.6 Å². The average molecular weight is 505 g/mol. The number of carboxylic acid groups (broad SMARTS) is 1. The zero-order valence-electron chi connectivity index (χ0n) is 23.0. The first-order valence-electron chi connectivity index (χ1n) is 14.1. The number of hydrogen-bond donors (Lipinski definition) is 1. The summed E-state index contributed by atoms with van der Waals surface area (Å²) in [6.45, 7) is 8.66. The van der Waals surface area contributed by atoms with Gasteiger partial charge in [0.25, 0.3) is 0 Å². The maximum absolute atomic E-state index is 10.8. The Bertz CT molecular complexity index is 674. The molecular weight excluding hydrogens is 452 g/mol.